The van der Waals surface area contributed by atoms with E-state index in [0.29, 0.717) is 46.3 Å². The lowest BCUT2D eigenvalue weighted by Crippen LogP contribution is -2.25. The number of hydrogen-bond donors (Lipinski definition) is 1. The van der Waals surface area contributed by atoms with E-state index in [1.807, 2.05) is 47.9 Å². The van der Waals surface area contributed by atoms with Crippen LogP contribution in [0.25, 0.3) is 0 Å². The number of halogens is 1. The van der Waals surface area contributed by atoms with E-state index in [2.05, 4.69) is 22.1 Å². The lowest BCUT2D eigenvalue weighted by molar-refractivity contribution is -0.113. The lowest BCUT2D eigenvalue weighted by atomic mass is 10.2. The van der Waals surface area contributed by atoms with Crippen molar-refractivity contribution in [3.8, 4) is 11.5 Å². The topological polar surface area (TPSA) is 78.3 Å². The molecule has 7 nitrogen and oxygen atoms in total. The van der Waals surface area contributed by atoms with E-state index >= 15 is 0 Å². The molecule has 1 N–H and O–H groups in total. The summed E-state index contributed by atoms with van der Waals surface area (Å²) in [6.07, 6.45) is 1.35. The smallest absolute Gasteiger partial charge is 0.234 e. The number of fused-ring (bicyclic) bond motifs is 1. The molecule has 31 heavy (non-hydrogen) atoms. The summed E-state index contributed by atoms with van der Waals surface area (Å²) >= 11 is 7.42. The molecule has 1 aliphatic rings. The summed E-state index contributed by atoms with van der Waals surface area (Å²) in [6.45, 7) is 6.54. The summed E-state index contributed by atoms with van der Waals surface area (Å²) in [5.74, 6) is 2.01. The van der Waals surface area contributed by atoms with Crippen LogP contribution in [-0.2, 0) is 11.3 Å². The number of thioether (sulfide) groups is 1. The maximum Gasteiger partial charge on any atom is 0.234 e. The van der Waals surface area contributed by atoms with E-state index in [4.69, 9.17) is 21.1 Å². The summed E-state index contributed by atoms with van der Waals surface area (Å²) in [5, 5.41) is 12.6. The van der Waals surface area contributed by atoms with E-state index < -0.39 is 6.10 Å². The number of para-hydroxylation sites is 2. The average molecular weight is 457 g/mol. The second-order valence-electron chi connectivity index (χ2n) is 6.91. The van der Waals surface area contributed by atoms with Gasteiger partial charge in [-0.05, 0) is 36.8 Å². The minimum absolute atomic E-state index is 0.161. The Morgan fingerprint density at radius 3 is 2.90 bits per heavy atom. The Morgan fingerprint density at radius 2 is 2.13 bits per heavy atom. The molecule has 0 saturated heterocycles. The highest BCUT2D eigenvalue weighted by atomic mass is 35.5. The van der Waals surface area contributed by atoms with E-state index in [1.54, 1.807) is 12.1 Å². The highest BCUT2D eigenvalue weighted by Crippen LogP contribution is 2.36. The number of rotatable bonds is 7. The molecular weight excluding hydrogens is 436 g/mol. The molecule has 0 bridgehead atoms. The van der Waals surface area contributed by atoms with Crippen LogP contribution in [0.4, 0.5) is 5.69 Å². The number of benzene rings is 2. The van der Waals surface area contributed by atoms with Crippen molar-refractivity contribution in [2.45, 2.75) is 24.7 Å². The Hall–Kier alpha value is -2.97. The molecule has 0 aliphatic carbocycles. The number of nitrogens with zero attached hydrogens (tertiary/aromatic N) is 3. The first-order chi connectivity index (χ1) is 15.0. The Bertz CT molecular complexity index is 1120. The van der Waals surface area contributed by atoms with Gasteiger partial charge in [0.25, 0.3) is 0 Å². The van der Waals surface area contributed by atoms with Crippen molar-refractivity contribution in [2.24, 2.45) is 0 Å². The van der Waals surface area contributed by atoms with E-state index in [1.165, 1.54) is 11.8 Å². The number of anilines is 1. The summed E-state index contributed by atoms with van der Waals surface area (Å²) in [4.78, 5) is 12.4. The average Bonchev–Trinajstić information content (AvgIpc) is 3.17. The largest absolute Gasteiger partial charge is 0.485 e. The molecule has 9 heteroatoms. The summed E-state index contributed by atoms with van der Waals surface area (Å²) < 4.78 is 13.7. The van der Waals surface area contributed by atoms with Crippen LogP contribution in [0.3, 0.4) is 0 Å². The van der Waals surface area contributed by atoms with Crippen molar-refractivity contribution >= 4 is 35.0 Å². The van der Waals surface area contributed by atoms with Crippen LogP contribution in [0.15, 0.2) is 60.3 Å². The van der Waals surface area contributed by atoms with Gasteiger partial charge in [0.2, 0.25) is 5.91 Å². The van der Waals surface area contributed by atoms with Gasteiger partial charge in [-0.2, -0.15) is 0 Å². The molecule has 0 radical (unpaired) electrons. The highest BCUT2D eigenvalue weighted by Gasteiger charge is 2.28. The number of aryl methyl sites for hydroxylation is 1. The summed E-state index contributed by atoms with van der Waals surface area (Å²) in [5.41, 5.74) is 1.61. The van der Waals surface area contributed by atoms with Gasteiger partial charge in [-0.3, -0.25) is 9.36 Å². The summed E-state index contributed by atoms with van der Waals surface area (Å²) in [7, 11) is 0. The number of aromatic nitrogens is 3. The normalized spacial score (nSPS) is 14.8. The molecule has 1 aromatic heterocycles. The van der Waals surface area contributed by atoms with E-state index in [9.17, 15) is 4.79 Å². The fourth-order valence-corrected chi connectivity index (χ4v) is 4.03. The van der Waals surface area contributed by atoms with Gasteiger partial charge < -0.3 is 14.8 Å². The minimum atomic E-state index is -0.403. The molecule has 0 spiro atoms. The van der Waals surface area contributed by atoms with Gasteiger partial charge in [0.15, 0.2) is 28.6 Å². The van der Waals surface area contributed by atoms with Crippen LogP contribution in [0.5, 0.6) is 11.5 Å². The maximum absolute atomic E-state index is 12.4. The third-order valence-corrected chi connectivity index (χ3v) is 6.02. The molecule has 2 aromatic carbocycles. The van der Waals surface area contributed by atoms with Crippen molar-refractivity contribution in [3.05, 3.63) is 71.5 Å². The number of ether oxygens (including phenoxy) is 2. The predicted molar refractivity (Wildman–Crippen MR) is 121 cm³/mol. The number of carbonyl (C=O) groups excluding carboxylic acids is 1. The third-order valence-electron chi connectivity index (χ3n) is 4.64. The number of nitrogens with one attached hydrogen (secondary N) is 1. The Balaban J connectivity index is 1.44. The SMILES string of the molecule is C=CCn1c(SCC(=O)Nc2ccc(C)c(Cl)c2)nnc1C1COc2ccccc2O1. The first-order valence-corrected chi connectivity index (χ1v) is 11.0. The molecule has 1 unspecified atom stereocenters. The lowest BCUT2D eigenvalue weighted by Gasteiger charge is -2.26. The van der Waals surface area contributed by atoms with Crippen molar-refractivity contribution in [1.29, 1.82) is 0 Å². The fourth-order valence-electron chi connectivity index (χ4n) is 3.09. The second-order valence-corrected chi connectivity index (χ2v) is 8.25. The van der Waals surface area contributed by atoms with Crippen molar-refractivity contribution < 1.29 is 14.3 Å². The third kappa shape index (κ3) is 4.86. The fraction of sp³-hybridized carbons (Fsp3) is 0.227. The van der Waals surface area contributed by atoms with Gasteiger partial charge >= 0.3 is 0 Å². The molecule has 2 heterocycles. The number of hydrogen-bond acceptors (Lipinski definition) is 6. The first-order valence-electron chi connectivity index (χ1n) is 9.66. The van der Waals surface area contributed by atoms with Gasteiger partial charge in [0, 0.05) is 17.3 Å². The van der Waals surface area contributed by atoms with Crippen LogP contribution in [0, 0.1) is 6.92 Å². The Labute approximate surface area is 189 Å². The highest BCUT2D eigenvalue weighted by molar-refractivity contribution is 7.99. The molecule has 0 fully saturated rings. The number of allylic oxidation sites excluding steroid dienone is 1. The zero-order valence-electron chi connectivity index (χ0n) is 16.9. The maximum atomic E-state index is 12.4. The standard InChI is InChI=1S/C22H21ClN4O3S/c1-3-10-27-21(19-12-29-17-6-4-5-7-18(17)30-19)25-26-22(27)31-13-20(28)24-15-9-8-14(2)16(23)11-15/h3-9,11,19H,1,10,12-13H2,2H3,(H,24,28). The number of carbonyl (C=O) groups is 1. The molecule has 1 amide bonds. The van der Waals surface area contributed by atoms with E-state index in [0.717, 1.165) is 5.56 Å². The molecule has 4 rings (SSSR count). The van der Waals surface area contributed by atoms with Crippen LogP contribution in [-0.4, -0.2) is 33.0 Å². The van der Waals surface area contributed by atoms with Crippen LogP contribution >= 0.6 is 23.4 Å². The molecule has 0 saturated carbocycles. The molecule has 3 aromatic rings. The monoisotopic (exact) mass is 456 g/mol. The Morgan fingerprint density at radius 1 is 1.32 bits per heavy atom. The Kier molecular flexibility index (Phi) is 6.48. The first kappa shape index (κ1) is 21.3. The van der Waals surface area contributed by atoms with Crippen LogP contribution in [0.1, 0.15) is 17.5 Å². The number of amides is 1. The van der Waals surface area contributed by atoms with Gasteiger partial charge in [-0.15, -0.1) is 16.8 Å². The molecule has 160 valence electrons. The van der Waals surface area contributed by atoms with Crippen molar-refractivity contribution in [3.63, 3.8) is 0 Å². The second kappa shape index (κ2) is 9.45. The van der Waals surface area contributed by atoms with Gasteiger partial charge in [-0.1, -0.05) is 47.6 Å². The predicted octanol–water partition coefficient (Wildman–Crippen LogP) is 4.67. The van der Waals surface area contributed by atoms with Crippen LogP contribution < -0.4 is 14.8 Å². The van der Waals surface area contributed by atoms with Crippen molar-refractivity contribution in [2.75, 3.05) is 17.7 Å². The zero-order chi connectivity index (χ0) is 21.8. The van der Waals surface area contributed by atoms with Crippen LogP contribution in [0.2, 0.25) is 5.02 Å². The molecule has 1 aliphatic heterocycles. The molecular formula is C22H21ClN4O3S. The van der Waals surface area contributed by atoms with Gasteiger partial charge in [-0.25, -0.2) is 0 Å². The minimum Gasteiger partial charge on any atom is -0.485 e. The van der Waals surface area contributed by atoms with Gasteiger partial charge in [0.1, 0.15) is 6.61 Å². The zero-order valence-corrected chi connectivity index (χ0v) is 18.4. The van der Waals surface area contributed by atoms with E-state index in [-0.39, 0.29) is 11.7 Å². The van der Waals surface area contributed by atoms with Crippen molar-refractivity contribution in [1.82, 2.24) is 14.8 Å². The van der Waals surface area contributed by atoms with Gasteiger partial charge in [0.05, 0.1) is 5.75 Å². The summed E-state index contributed by atoms with van der Waals surface area (Å²) in [6, 6.07) is 12.9. The quantitative estimate of drug-likeness (QED) is 0.411. The molecule has 1 atom stereocenters.